The Labute approximate surface area is 95.0 Å². The molecule has 0 aromatic rings. The third-order valence-electron chi connectivity index (χ3n) is 2.76. The van der Waals surface area contributed by atoms with Crippen LogP contribution in [0.15, 0.2) is 0 Å². The maximum atomic E-state index is 5.57. The van der Waals surface area contributed by atoms with E-state index < -0.39 is 0 Å². The first-order valence-corrected chi connectivity index (χ1v) is 6.06. The van der Waals surface area contributed by atoms with Crippen LogP contribution in [0.4, 0.5) is 0 Å². The second-order valence-electron chi connectivity index (χ2n) is 4.70. The molecule has 0 spiro atoms. The Hall–Kier alpha value is -0.120. The van der Waals surface area contributed by atoms with Crippen LogP contribution >= 0.6 is 0 Å². The van der Waals surface area contributed by atoms with Crippen molar-refractivity contribution >= 4 is 0 Å². The van der Waals surface area contributed by atoms with Gasteiger partial charge in [0.1, 0.15) is 0 Å². The molecule has 0 aromatic carbocycles. The fraction of sp³-hybridized carbons (Fsp3) is 1.00. The summed E-state index contributed by atoms with van der Waals surface area (Å²) in [5.41, 5.74) is 5.52. The monoisotopic (exact) mass is 216 g/mol. The predicted molar refractivity (Wildman–Crippen MR) is 66.0 cm³/mol. The molecular formula is C12H28N2O. The van der Waals surface area contributed by atoms with Gasteiger partial charge in [0.15, 0.2) is 0 Å². The smallest absolute Gasteiger partial charge is 0.0593 e. The van der Waals surface area contributed by atoms with Gasteiger partial charge in [-0.2, -0.15) is 0 Å². The lowest BCUT2D eigenvalue weighted by Crippen LogP contribution is -2.33. The molecule has 15 heavy (non-hydrogen) atoms. The van der Waals surface area contributed by atoms with E-state index in [1.165, 1.54) is 0 Å². The molecule has 0 heterocycles. The van der Waals surface area contributed by atoms with E-state index in [9.17, 15) is 0 Å². The molecule has 0 aliphatic heterocycles. The largest absolute Gasteiger partial charge is 0.380 e. The van der Waals surface area contributed by atoms with E-state index in [0.717, 1.165) is 45.1 Å². The second-order valence-corrected chi connectivity index (χ2v) is 4.70. The van der Waals surface area contributed by atoms with Crippen molar-refractivity contribution in [3.05, 3.63) is 0 Å². The minimum atomic E-state index is 0.559. The first-order chi connectivity index (χ1) is 7.07. The Kier molecular flexibility index (Phi) is 9.06. The van der Waals surface area contributed by atoms with Crippen molar-refractivity contribution < 1.29 is 4.74 Å². The van der Waals surface area contributed by atoms with E-state index in [1.807, 2.05) is 0 Å². The van der Waals surface area contributed by atoms with Crippen LogP contribution in [-0.2, 0) is 4.74 Å². The summed E-state index contributed by atoms with van der Waals surface area (Å²) in [6.45, 7) is 10.1. The van der Waals surface area contributed by atoms with Crippen LogP contribution in [0, 0.1) is 5.92 Å². The Balaban J connectivity index is 3.34. The lowest BCUT2D eigenvalue weighted by atomic mass is 10.1. The molecule has 3 nitrogen and oxygen atoms in total. The third-order valence-corrected chi connectivity index (χ3v) is 2.76. The zero-order valence-corrected chi connectivity index (χ0v) is 10.8. The van der Waals surface area contributed by atoms with Crippen molar-refractivity contribution in [1.29, 1.82) is 0 Å². The SMILES string of the molecule is CC(C)CCOCCN(C)C(C)CCN. The zero-order valence-electron chi connectivity index (χ0n) is 10.8. The molecule has 0 radical (unpaired) electrons. The summed E-state index contributed by atoms with van der Waals surface area (Å²) in [5, 5.41) is 0. The number of hydrogen-bond donors (Lipinski definition) is 1. The van der Waals surface area contributed by atoms with E-state index in [0.29, 0.717) is 6.04 Å². The Bertz CT molecular complexity index is 140. The molecule has 2 N–H and O–H groups in total. The standard InChI is InChI=1S/C12H28N2O/c1-11(2)6-9-15-10-8-14(4)12(3)5-7-13/h11-12H,5-10,13H2,1-4H3. The molecule has 0 aliphatic carbocycles. The first kappa shape index (κ1) is 14.9. The summed E-state index contributed by atoms with van der Waals surface area (Å²) < 4.78 is 5.57. The minimum Gasteiger partial charge on any atom is -0.380 e. The predicted octanol–water partition coefficient (Wildman–Crippen LogP) is 1.72. The van der Waals surface area contributed by atoms with Crippen molar-refractivity contribution in [2.45, 2.75) is 39.7 Å². The average Bonchev–Trinajstić information content (AvgIpc) is 2.16. The van der Waals surface area contributed by atoms with Gasteiger partial charge in [-0.25, -0.2) is 0 Å². The van der Waals surface area contributed by atoms with Gasteiger partial charge in [0.25, 0.3) is 0 Å². The Morgan fingerprint density at radius 3 is 2.33 bits per heavy atom. The fourth-order valence-corrected chi connectivity index (χ4v) is 1.31. The molecule has 3 heteroatoms. The van der Waals surface area contributed by atoms with Gasteiger partial charge in [0.2, 0.25) is 0 Å². The van der Waals surface area contributed by atoms with E-state index >= 15 is 0 Å². The molecule has 0 aliphatic rings. The Morgan fingerprint density at radius 1 is 1.13 bits per heavy atom. The average molecular weight is 216 g/mol. The van der Waals surface area contributed by atoms with Crippen LogP contribution in [0.2, 0.25) is 0 Å². The lowest BCUT2D eigenvalue weighted by Gasteiger charge is -2.24. The highest BCUT2D eigenvalue weighted by molar-refractivity contribution is 4.63. The number of nitrogens with two attached hydrogens (primary N) is 1. The summed E-state index contributed by atoms with van der Waals surface area (Å²) in [7, 11) is 2.13. The summed E-state index contributed by atoms with van der Waals surface area (Å²) >= 11 is 0. The number of hydrogen-bond acceptors (Lipinski definition) is 3. The maximum absolute atomic E-state index is 5.57. The first-order valence-electron chi connectivity index (χ1n) is 6.06. The van der Waals surface area contributed by atoms with E-state index in [1.54, 1.807) is 0 Å². The van der Waals surface area contributed by atoms with Crippen LogP contribution in [0.25, 0.3) is 0 Å². The van der Waals surface area contributed by atoms with E-state index in [4.69, 9.17) is 10.5 Å². The number of rotatable bonds is 9. The summed E-state index contributed by atoms with van der Waals surface area (Å²) in [6, 6.07) is 0.559. The molecular weight excluding hydrogens is 188 g/mol. The number of ether oxygens (including phenoxy) is 1. The summed E-state index contributed by atoms with van der Waals surface area (Å²) in [5.74, 6) is 0.735. The van der Waals surface area contributed by atoms with Gasteiger partial charge < -0.3 is 15.4 Å². The molecule has 0 saturated heterocycles. The summed E-state index contributed by atoms with van der Waals surface area (Å²) in [6.07, 6.45) is 2.21. The number of likely N-dealkylation sites (N-methyl/N-ethyl adjacent to an activating group) is 1. The molecule has 0 bridgehead atoms. The minimum absolute atomic E-state index is 0.559. The van der Waals surface area contributed by atoms with Gasteiger partial charge in [-0.05, 0) is 39.3 Å². The van der Waals surface area contributed by atoms with Crippen molar-refractivity contribution in [1.82, 2.24) is 4.90 Å². The van der Waals surface area contributed by atoms with Crippen LogP contribution < -0.4 is 5.73 Å². The van der Waals surface area contributed by atoms with Gasteiger partial charge in [-0.1, -0.05) is 13.8 Å². The van der Waals surface area contributed by atoms with Crippen LogP contribution in [0.5, 0.6) is 0 Å². The van der Waals surface area contributed by atoms with Crippen LogP contribution in [0.1, 0.15) is 33.6 Å². The van der Waals surface area contributed by atoms with Gasteiger partial charge >= 0.3 is 0 Å². The fourth-order valence-electron chi connectivity index (χ4n) is 1.31. The highest BCUT2D eigenvalue weighted by atomic mass is 16.5. The van der Waals surface area contributed by atoms with Crippen molar-refractivity contribution in [3.63, 3.8) is 0 Å². The second kappa shape index (κ2) is 9.13. The normalized spacial score (nSPS) is 13.8. The molecule has 1 unspecified atom stereocenters. The van der Waals surface area contributed by atoms with Crippen LogP contribution in [-0.4, -0.2) is 44.3 Å². The van der Waals surface area contributed by atoms with Crippen LogP contribution in [0.3, 0.4) is 0 Å². The quantitative estimate of drug-likeness (QED) is 0.596. The summed E-state index contributed by atoms with van der Waals surface area (Å²) in [4.78, 5) is 2.31. The molecule has 0 aromatic heterocycles. The van der Waals surface area contributed by atoms with Crippen molar-refractivity contribution in [3.8, 4) is 0 Å². The maximum Gasteiger partial charge on any atom is 0.0593 e. The van der Waals surface area contributed by atoms with E-state index in [-0.39, 0.29) is 0 Å². The van der Waals surface area contributed by atoms with Crippen molar-refractivity contribution in [2.24, 2.45) is 11.7 Å². The molecule has 0 fully saturated rings. The van der Waals surface area contributed by atoms with E-state index in [2.05, 4.69) is 32.7 Å². The molecule has 0 amide bonds. The van der Waals surface area contributed by atoms with Gasteiger partial charge in [-0.15, -0.1) is 0 Å². The lowest BCUT2D eigenvalue weighted by molar-refractivity contribution is 0.0926. The molecule has 1 atom stereocenters. The Morgan fingerprint density at radius 2 is 1.80 bits per heavy atom. The number of nitrogens with zero attached hydrogens (tertiary/aromatic N) is 1. The topological polar surface area (TPSA) is 38.5 Å². The zero-order chi connectivity index (χ0) is 11.7. The highest BCUT2D eigenvalue weighted by Gasteiger charge is 2.07. The molecule has 0 rings (SSSR count). The molecule has 92 valence electrons. The third kappa shape index (κ3) is 8.85. The highest BCUT2D eigenvalue weighted by Crippen LogP contribution is 2.01. The van der Waals surface area contributed by atoms with Gasteiger partial charge in [0.05, 0.1) is 6.61 Å². The van der Waals surface area contributed by atoms with Crippen molar-refractivity contribution in [2.75, 3.05) is 33.4 Å². The van der Waals surface area contributed by atoms with Gasteiger partial charge in [0, 0.05) is 19.2 Å². The molecule has 0 saturated carbocycles. The van der Waals surface area contributed by atoms with Gasteiger partial charge in [-0.3, -0.25) is 0 Å².